The highest BCUT2D eigenvalue weighted by Gasteiger charge is 2.34. The highest BCUT2D eigenvalue weighted by Crippen LogP contribution is 2.35. The molecule has 0 amide bonds. The van der Waals surface area contributed by atoms with E-state index in [1.807, 2.05) is 4.90 Å². The molecule has 0 saturated carbocycles. The number of benzene rings is 1. The van der Waals surface area contributed by atoms with Crippen LogP contribution in [0, 0.1) is 11.8 Å². The second-order valence-electron chi connectivity index (χ2n) is 5.96. The third-order valence-corrected chi connectivity index (χ3v) is 4.32. The van der Waals surface area contributed by atoms with E-state index in [0.29, 0.717) is 17.5 Å². The molecule has 1 aliphatic rings. The molecule has 1 heterocycles. The summed E-state index contributed by atoms with van der Waals surface area (Å²) in [5, 5.41) is 0. The summed E-state index contributed by atoms with van der Waals surface area (Å²) in [5.74, 6) is 1.24. The van der Waals surface area contributed by atoms with Crippen LogP contribution < -0.4 is 4.90 Å². The molecule has 1 aromatic rings. The summed E-state index contributed by atoms with van der Waals surface area (Å²) in [6.45, 7) is 5.89. The summed E-state index contributed by atoms with van der Waals surface area (Å²) >= 11 is 0. The van der Waals surface area contributed by atoms with Gasteiger partial charge in [-0.3, -0.25) is 4.79 Å². The van der Waals surface area contributed by atoms with Gasteiger partial charge in [-0.25, -0.2) is 0 Å². The fourth-order valence-corrected chi connectivity index (χ4v) is 2.91. The number of halogens is 3. The molecule has 0 N–H and O–H groups in total. The van der Waals surface area contributed by atoms with Gasteiger partial charge in [-0.2, -0.15) is 13.2 Å². The van der Waals surface area contributed by atoms with Crippen molar-refractivity contribution in [2.45, 2.75) is 32.9 Å². The van der Waals surface area contributed by atoms with E-state index in [1.54, 1.807) is 6.07 Å². The number of rotatable bonds is 3. The van der Waals surface area contributed by atoms with Gasteiger partial charge in [0.25, 0.3) is 0 Å². The minimum absolute atomic E-state index is 0.262. The van der Waals surface area contributed by atoms with Crippen LogP contribution in [0.4, 0.5) is 18.9 Å². The summed E-state index contributed by atoms with van der Waals surface area (Å²) < 4.78 is 38.9. The zero-order valence-corrected chi connectivity index (χ0v) is 12.3. The number of piperidine rings is 1. The van der Waals surface area contributed by atoms with E-state index in [0.717, 1.165) is 32.0 Å². The minimum Gasteiger partial charge on any atom is -0.372 e. The van der Waals surface area contributed by atoms with Gasteiger partial charge in [0.15, 0.2) is 6.29 Å². The third kappa shape index (κ3) is 3.57. The number of aldehydes is 1. The van der Waals surface area contributed by atoms with E-state index >= 15 is 0 Å². The van der Waals surface area contributed by atoms with Crippen molar-refractivity contribution in [1.82, 2.24) is 0 Å². The van der Waals surface area contributed by atoms with Crippen molar-refractivity contribution in [3.8, 4) is 0 Å². The lowest BCUT2D eigenvalue weighted by atomic mass is 9.86. The molecule has 21 heavy (non-hydrogen) atoms. The van der Waals surface area contributed by atoms with Crippen LogP contribution in [0.15, 0.2) is 18.2 Å². The number of carbonyl (C=O) groups excluding carboxylic acids is 1. The summed E-state index contributed by atoms with van der Waals surface area (Å²) in [7, 11) is 0. The number of hydrogen-bond donors (Lipinski definition) is 0. The zero-order chi connectivity index (χ0) is 15.6. The Kier molecular flexibility index (Phi) is 4.59. The van der Waals surface area contributed by atoms with Crippen LogP contribution in [0.3, 0.4) is 0 Å². The molecule has 0 aliphatic carbocycles. The first-order chi connectivity index (χ1) is 9.82. The molecule has 0 unspecified atom stereocenters. The zero-order valence-electron chi connectivity index (χ0n) is 12.3. The Hall–Kier alpha value is -1.52. The van der Waals surface area contributed by atoms with Gasteiger partial charge in [0.2, 0.25) is 0 Å². The number of anilines is 1. The fourth-order valence-electron chi connectivity index (χ4n) is 2.91. The molecule has 0 spiro atoms. The molecule has 1 saturated heterocycles. The maximum absolute atomic E-state index is 13.0. The Labute approximate surface area is 122 Å². The number of carbonyl (C=O) groups is 1. The Morgan fingerprint density at radius 1 is 1.24 bits per heavy atom. The number of alkyl halides is 3. The smallest absolute Gasteiger partial charge is 0.372 e. The van der Waals surface area contributed by atoms with Crippen LogP contribution in [-0.4, -0.2) is 19.4 Å². The lowest BCUT2D eigenvalue weighted by Gasteiger charge is -2.35. The predicted molar refractivity (Wildman–Crippen MR) is 76.6 cm³/mol. The van der Waals surface area contributed by atoms with Crippen molar-refractivity contribution >= 4 is 12.0 Å². The second-order valence-corrected chi connectivity index (χ2v) is 5.96. The highest BCUT2D eigenvalue weighted by molar-refractivity contribution is 5.79. The maximum atomic E-state index is 13.0. The van der Waals surface area contributed by atoms with E-state index in [-0.39, 0.29) is 11.8 Å². The van der Waals surface area contributed by atoms with Crippen molar-refractivity contribution in [2.75, 3.05) is 18.0 Å². The van der Waals surface area contributed by atoms with Gasteiger partial charge >= 0.3 is 6.18 Å². The van der Waals surface area contributed by atoms with Crippen LogP contribution in [0.1, 0.15) is 42.6 Å². The lowest BCUT2D eigenvalue weighted by Crippen LogP contribution is -2.35. The second kappa shape index (κ2) is 6.08. The number of nitrogens with zero attached hydrogens (tertiary/aromatic N) is 1. The van der Waals surface area contributed by atoms with Crippen molar-refractivity contribution in [3.63, 3.8) is 0 Å². The molecule has 1 aromatic carbocycles. The van der Waals surface area contributed by atoms with Crippen LogP contribution in [0.5, 0.6) is 0 Å². The quantitative estimate of drug-likeness (QED) is 0.771. The first-order valence-electron chi connectivity index (χ1n) is 7.24. The Balaban J connectivity index is 2.20. The first kappa shape index (κ1) is 15.9. The van der Waals surface area contributed by atoms with Gasteiger partial charge in [-0.05, 0) is 42.9 Å². The molecule has 0 atom stereocenters. The molecule has 2 nitrogen and oxygen atoms in total. The van der Waals surface area contributed by atoms with E-state index < -0.39 is 11.7 Å². The maximum Gasteiger partial charge on any atom is 0.417 e. The van der Waals surface area contributed by atoms with Crippen molar-refractivity contribution in [3.05, 3.63) is 29.3 Å². The fraction of sp³-hybridized carbons (Fsp3) is 0.562. The average Bonchev–Trinajstić information content (AvgIpc) is 2.45. The van der Waals surface area contributed by atoms with E-state index in [9.17, 15) is 18.0 Å². The lowest BCUT2D eigenvalue weighted by molar-refractivity contribution is -0.137. The van der Waals surface area contributed by atoms with Gasteiger partial charge in [-0.1, -0.05) is 13.8 Å². The summed E-state index contributed by atoms with van der Waals surface area (Å²) in [4.78, 5) is 12.7. The Bertz CT molecular complexity index is 503. The molecular weight excluding hydrogens is 279 g/mol. The summed E-state index contributed by atoms with van der Waals surface area (Å²) in [5.41, 5.74) is -0.598. The Morgan fingerprint density at radius 2 is 1.86 bits per heavy atom. The molecule has 116 valence electrons. The van der Waals surface area contributed by atoms with Crippen molar-refractivity contribution in [1.29, 1.82) is 0 Å². The standard InChI is InChI=1S/C16H20F3NO/c1-11(2)12-5-7-20(8-6-12)14-4-3-13(10-21)15(9-14)16(17,18)19/h3-4,9-12H,5-8H2,1-2H3. The van der Waals surface area contributed by atoms with E-state index in [1.165, 1.54) is 6.07 Å². The first-order valence-corrected chi connectivity index (χ1v) is 7.24. The molecule has 0 aromatic heterocycles. The van der Waals surface area contributed by atoms with Gasteiger partial charge in [0.1, 0.15) is 0 Å². The monoisotopic (exact) mass is 299 g/mol. The van der Waals surface area contributed by atoms with Crippen molar-refractivity contribution < 1.29 is 18.0 Å². The minimum atomic E-state index is -4.50. The Morgan fingerprint density at radius 3 is 2.33 bits per heavy atom. The van der Waals surface area contributed by atoms with Crippen LogP contribution in [-0.2, 0) is 6.18 Å². The van der Waals surface area contributed by atoms with Crippen molar-refractivity contribution in [2.24, 2.45) is 11.8 Å². The third-order valence-electron chi connectivity index (χ3n) is 4.32. The van der Waals surface area contributed by atoms with Crippen LogP contribution >= 0.6 is 0 Å². The SMILES string of the molecule is CC(C)C1CCN(c2ccc(C=O)c(C(F)(F)F)c2)CC1. The van der Waals surface area contributed by atoms with Gasteiger partial charge in [0.05, 0.1) is 5.56 Å². The molecule has 1 fully saturated rings. The predicted octanol–water partition coefficient (Wildman–Crippen LogP) is 4.39. The topological polar surface area (TPSA) is 20.3 Å². The van der Waals surface area contributed by atoms with Crippen LogP contribution in [0.2, 0.25) is 0 Å². The van der Waals surface area contributed by atoms with E-state index in [4.69, 9.17) is 0 Å². The normalized spacial score (nSPS) is 17.3. The van der Waals surface area contributed by atoms with Gasteiger partial charge < -0.3 is 4.90 Å². The summed E-state index contributed by atoms with van der Waals surface area (Å²) in [6.07, 6.45) is -2.25. The van der Waals surface area contributed by atoms with Gasteiger partial charge in [0, 0.05) is 24.3 Å². The molecule has 1 aliphatic heterocycles. The van der Waals surface area contributed by atoms with Crippen LogP contribution in [0.25, 0.3) is 0 Å². The molecule has 5 heteroatoms. The number of hydrogen-bond acceptors (Lipinski definition) is 2. The molecule has 0 radical (unpaired) electrons. The largest absolute Gasteiger partial charge is 0.417 e. The van der Waals surface area contributed by atoms with E-state index in [2.05, 4.69) is 13.8 Å². The average molecular weight is 299 g/mol. The molecule has 0 bridgehead atoms. The highest BCUT2D eigenvalue weighted by atomic mass is 19.4. The van der Waals surface area contributed by atoms with Gasteiger partial charge in [-0.15, -0.1) is 0 Å². The molecular formula is C16H20F3NO. The molecule has 2 rings (SSSR count). The summed E-state index contributed by atoms with van der Waals surface area (Å²) in [6, 6.07) is 3.97.